The number of aliphatic hydroxyl groups excluding tert-OH is 10. The van der Waals surface area contributed by atoms with Crippen molar-refractivity contribution < 1.29 is 60.5 Å². The molecule has 1 spiro atoms. The maximum atomic E-state index is 10.7. The van der Waals surface area contributed by atoms with Crippen LogP contribution in [0.5, 0.6) is 0 Å². The lowest BCUT2D eigenvalue weighted by molar-refractivity contribution is -0.214. The third-order valence-corrected chi connectivity index (χ3v) is 9.42. The molecule has 12 unspecified atom stereocenters. The summed E-state index contributed by atoms with van der Waals surface area (Å²) in [6, 6.07) is 11.0. The van der Waals surface area contributed by atoms with E-state index >= 15 is 0 Å². The van der Waals surface area contributed by atoms with Gasteiger partial charge < -0.3 is 60.5 Å². The minimum absolute atomic E-state index is 0.224. The third kappa shape index (κ3) is 5.47. The summed E-state index contributed by atoms with van der Waals surface area (Å²) < 4.78 is 11.0. The van der Waals surface area contributed by atoms with Gasteiger partial charge in [0, 0.05) is 16.5 Å². The Balaban J connectivity index is 1.33. The van der Waals surface area contributed by atoms with Crippen LogP contribution in [0.3, 0.4) is 0 Å². The number of ether oxygens (including phenoxy) is 2. The molecule has 2 aliphatic heterocycles. The predicted molar refractivity (Wildman–Crippen MR) is 155 cm³/mol. The summed E-state index contributed by atoms with van der Waals surface area (Å²) in [5.41, 5.74) is 3.69. The summed E-state index contributed by atoms with van der Waals surface area (Å²) in [6.07, 6.45) is -15.1. The molecule has 12 atom stereocenters. The van der Waals surface area contributed by atoms with E-state index in [-0.39, 0.29) is 12.8 Å². The second-order valence-electron chi connectivity index (χ2n) is 12.2. The molecule has 12 nitrogen and oxygen atoms in total. The molecule has 3 fully saturated rings. The number of aliphatic hydroxyl groups is 10. The number of hydrogen-bond donors (Lipinski definition) is 10. The molecule has 2 saturated heterocycles. The molecule has 2 heterocycles. The molecule has 2 aromatic rings. The van der Waals surface area contributed by atoms with Crippen molar-refractivity contribution in [2.45, 2.75) is 91.5 Å². The van der Waals surface area contributed by atoms with Gasteiger partial charge in [0.05, 0.1) is 25.4 Å². The van der Waals surface area contributed by atoms with Gasteiger partial charge in [-0.25, -0.2) is 0 Å². The second kappa shape index (κ2) is 12.4. The van der Waals surface area contributed by atoms with Crippen molar-refractivity contribution in [1.29, 1.82) is 0 Å². The van der Waals surface area contributed by atoms with E-state index in [0.29, 0.717) is 11.1 Å². The molecular formula is C33H36O12. The van der Waals surface area contributed by atoms with Crippen molar-refractivity contribution in [1.82, 2.24) is 0 Å². The Hall–Kier alpha value is -2.92. The van der Waals surface area contributed by atoms with Crippen LogP contribution in [-0.2, 0) is 14.9 Å². The Morgan fingerprint density at radius 3 is 1.36 bits per heavy atom. The lowest BCUT2D eigenvalue weighted by Gasteiger charge is -2.37. The van der Waals surface area contributed by atoms with Gasteiger partial charge in [-0.2, -0.15) is 0 Å². The smallest absolute Gasteiger partial charge is 0.147 e. The standard InChI is InChI=1S/C33H36O12/c34-13-25-29(40)31(42)27(38)23(44-25)7-3-15-1-5-17-18-6-2-16(4-8-24-28(39)32(43)30(41)26(14-35)45-24)10-20(18)33(19(17)9-15)11-21(36)22(37)12-33/h1-2,5-6,9-10,21-32,34-43H,11-14H2. The topological polar surface area (TPSA) is 221 Å². The van der Waals surface area contributed by atoms with Crippen molar-refractivity contribution in [2.24, 2.45) is 0 Å². The van der Waals surface area contributed by atoms with E-state index in [0.717, 1.165) is 22.3 Å². The number of fused-ring (bicyclic) bond motifs is 5. The van der Waals surface area contributed by atoms with Crippen molar-refractivity contribution in [3.05, 3.63) is 58.7 Å². The SMILES string of the molecule is OCC1OC(C#Cc2ccc3c(c2)C2(CC(O)C(O)C2)c2cc(C#CC4OC(CO)C(O)C(O)C4O)ccc2-3)C(O)C(O)C1O. The molecule has 1 saturated carbocycles. The molecule has 2 aromatic carbocycles. The largest absolute Gasteiger partial charge is 0.394 e. The van der Waals surface area contributed by atoms with E-state index in [1.165, 1.54) is 0 Å². The minimum Gasteiger partial charge on any atom is -0.394 e. The average molecular weight is 625 g/mol. The summed E-state index contributed by atoms with van der Waals surface area (Å²) in [5, 5.41) is 101. The maximum absolute atomic E-state index is 10.7. The van der Waals surface area contributed by atoms with Crippen LogP contribution in [0.25, 0.3) is 11.1 Å². The van der Waals surface area contributed by atoms with Gasteiger partial charge in [-0.15, -0.1) is 0 Å². The fourth-order valence-electron chi connectivity index (χ4n) is 6.91. The minimum atomic E-state index is -1.55. The first-order chi connectivity index (χ1) is 21.5. The third-order valence-electron chi connectivity index (χ3n) is 9.42. The lowest BCUT2D eigenvalue weighted by atomic mass is 9.76. The Morgan fingerprint density at radius 1 is 0.578 bits per heavy atom. The number of hydrogen-bond acceptors (Lipinski definition) is 12. The van der Waals surface area contributed by atoms with E-state index in [9.17, 15) is 51.1 Å². The molecule has 0 aromatic heterocycles. The number of benzene rings is 2. The zero-order valence-electron chi connectivity index (χ0n) is 24.0. The van der Waals surface area contributed by atoms with E-state index in [2.05, 4.69) is 23.7 Å². The van der Waals surface area contributed by atoms with E-state index in [1.54, 1.807) is 12.1 Å². The summed E-state index contributed by atoms with van der Waals surface area (Å²) in [7, 11) is 0. The second-order valence-corrected chi connectivity index (χ2v) is 12.2. The van der Waals surface area contributed by atoms with Crippen LogP contribution >= 0.6 is 0 Å². The van der Waals surface area contributed by atoms with Gasteiger partial charge >= 0.3 is 0 Å². The first-order valence-electron chi connectivity index (χ1n) is 14.8. The predicted octanol–water partition coefficient (Wildman–Crippen LogP) is -3.14. The van der Waals surface area contributed by atoms with E-state index < -0.39 is 91.9 Å². The maximum Gasteiger partial charge on any atom is 0.147 e. The summed E-state index contributed by atoms with van der Waals surface area (Å²) >= 11 is 0. The summed E-state index contributed by atoms with van der Waals surface area (Å²) in [5.74, 6) is 11.5. The molecular weight excluding hydrogens is 588 g/mol. The Morgan fingerprint density at radius 2 is 0.978 bits per heavy atom. The molecule has 45 heavy (non-hydrogen) atoms. The highest BCUT2D eigenvalue weighted by Crippen LogP contribution is 2.57. The molecule has 10 N–H and O–H groups in total. The molecule has 240 valence electrons. The van der Waals surface area contributed by atoms with Crippen LogP contribution in [0, 0.1) is 23.7 Å². The van der Waals surface area contributed by atoms with Crippen molar-refractivity contribution >= 4 is 0 Å². The first-order valence-corrected chi connectivity index (χ1v) is 14.8. The monoisotopic (exact) mass is 624 g/mol. The Kier molecular flexibility index (Phi) is 8.80. The van der Waals surface area contributed by atoms with Crippen molar-refractivity contribution in [3.8, 4) is 34.8 Å². The van der Waals surface area contributed by atoms with Gasteiger partial charge in [-0.05, 0) is 59.4 Å². The van der Waals surface area contributed by atoms with Crippen LogP contribution in [0.2, 0.25) is 0 Å². The van der Waals surface area contributed by atoms with Gasteiger partial charge in [0.15, 0.2) is 0 Å². The van der Waals surface area contributed by atoms with Crippen molar-refractivity contribution in [2.75, 3.05) is 13.2 Å². The molecule has 0 amide bonds. The van der Waals surface area contributed by atoms with Crippen LogP contribution in [-0.4, -0.2) is 138 Å². The molecule has 6 rings (SSSR count). The van der Waals surface area contributed by atoms with Crippen molar-refractivity contribution in [3.63, 3.8) is 0 Å². The molecule has 0 bridgehead atoms. The average Bonchev–Trinajstić information content (AvgIpc) is 3.49. The zero-order chi connectivity index (χ0) is 32.2. The summed E-state index contributed by atoms with van der Waals surface area (Å²) in [4.78, 5) is 0. The van der Waals surface area contributed by atoms with Crippen LogP contribution < -0.4 is 0 Å². The van der Waals surface area contributed by atoms with E-state index in [4.69, 9.17) is 9.47 Å². The molecule has 12 heteroatoms. The highest BCUT2D eigenvalue weighted by Gasteiger charge is 2.52. The fraction of sp³-hybridized carbons (Fsp3) is 0.515. The van der Waals surface area contributed by atoms with Gasteiger partial charge in [0.2, 0.25) is 0 Å². The van der Waals surface area contributed by atoms with Gasteiger partial charge in [0.1, 0.15) is 61.0 Å². The first kappa shape index (κ1) is 32.0. The fourth-order valence-corrected chi connectivity index (χ4v) is 6.91. The van der Waals surface area contributed by atoms with Crippen LogP contribution in [0.15, 0.2) is 36.4 Å². The Labute approximate surface area is 258 Å². The van der Waals surface area contributed by atoms with Crippen LogP contribution in [0.4, 0.5) is 0 Å². The zero-order valence-corrected chi connectivity index (χ0v) is 24.0. The lowest BCUT2D eigenvalue weighted by Crippen LogP contribution is -2.58. The van der Waals surface area contributed by atoms with Gasteiger partial charge in [-0.3, -0.25) is 0 Å². The summed E-state index contributed by atoms with van der Waals surface area (Å²) in [6.45, 7) is -1.13. The normalized spacial score (nSPS) is 40.2. The quantitative estimate of drug-likeness (QED) is 0.150. The highest BCUT2D eigenvalue weighted by molar-refractivity contribution is 5.83. The van der Waals surface area contributed by atoms with Gasteiger partial charge in [0.25, 0.3) is 0 Å². The van der Waals surface area contributed by atoms with Crippen LogP contribution in [0.1, 0.15) is 35.1 Å². The molecule has 2 aliphatic carbocycles. The highest BCUT2D eigenvalue weighted by atomic mass is 16.5. The van der Waals surface area contributed by atoms with E-state index in [1.807, 2.05) is 24.3 Å². The molecule has 4 aliphatic rings. The van der Waals surface area contributed by atoms with Gasteiger partial charge in [-0.1, -0.05) is 35.8 Å². The molecule has 0 radical (unpaired) electrons. The Bertz CT molecular complexity index is 1430. The number of rotatable bonds is 2.